The summed E-state index contributed by atoms with van der Waals surface area (Å²) >= 11 is 0. The van der Waals surface area contributed by atoms with Crippen molar-refractivity contribution in [2.24, 2.45) is 0 Å². The second kappa shape index (κ2) is 8.28. The summed E-state index contributed by atoms with van der Waals surface area (Å²) in [6.07, 6.45) is 5.46. The molecule has 0 spiro atoms. The summed E-state index contributed by atoms with van der Waals surface area (Å²) < 4.78 is 32.6. The fourth-order valence-electron chi connectivity index (χ4n) is 2.49. The van der Waals surface area contributed by atoms with Gasteiger partial charge in [0.05, 0.1) is 47.2 Å². The van der Waals surface area contributed by atoms with Gasteiger partial charge in [-0.3, -0.25) is 4.42 Å². The molecule has 25 heavy (non-hydrogen) atoms. The monoisotopic (exact) mass is 347 g/mol. The molecule has 0 heterocycles. The van der Waals surface area contributed by atoms with Gasteiger partial charge in [-0.2, -0.15) is 0 Å². The van der Waals surface area contributed by atoms with Gasteiger partial charge in [0.2, 0.25) is 0 Å². The summed E-state index contributed by atoms with van der Waals surface area (Å²) in [7, 11) is 9.55. The van der Waals surface area contributed by atoms with Crippen LogP contribution >= 0.6 is 0 Å². The molecular weight excluding hydrogens is 324 g/mol. The molecule has 6 nitrogen and oxygen atoms in total. The van der Waals surface area contributed by atoms with Crippen LogP contribution in [0.5, 0.6) is 17.2 Å². The van der Waals surface area contributed by atoms with Crippen LogP contribution in [0.3, 0.4) is 0 Å². The molecule has 0 N–H and O–H groups in total. The Balaban J connectivity index is 2.66. The zero-order valence-electron chi connectivity index (χ0n) is 15.3. The van der Waals surface area contributed by atoms with Crippen molar-refractivity contribution in [2.75, 3.05) is 42.7 Å². The first-order valence-corrected chi connectivity index (χ1v) is 7.56. The molecule has 2 rings (SSSR count). The lowest BCUT2D eigenvalue weighted by atomic mass is 9.99. The van der Waals surface area contributed by atoms with E-state index < -0.39 is 0 Å². The Morgan fingerprint density at radius 1 is 0.800 bits per heavy atom. The van der Waals surface area contributed by atoms with Gasteiger partial charge in [-0.05, 0) is 6.08 Å². The normalized spacial score (nSPS) is 17.0. The number of ether oxygens (including phenoxy) is 5. The molecule has 134 valence electrons. The van der Waals surface area contributed by atoms with Crippen LogP contribution < -0.4 is 14.2 Å². The fourth-order valence-corrected chi connectivity index (χ4v) is 2.49. The van der Waals surface area contributed by atoms with Gasteiger partial charge in [-0.1, -0.05) is 0 Å². The van der Waals surface area contributed by atoms with Crippen LogP contribution in [0.15, 0.2) is 41.4 Å². The van der Waals surface area contributed by atoms with Gasteiger partial charge in [-0.15, -0.1) is 0 Å². The molecule has 0 atom stereocenters. The number of allylic oxidation sites excluding steroid dienone is 3. The zero-order chi connectivity index (χ0) is 18.4. The minimum Gasteiger partial charge on any atom is -0.496 e. The molecule has 0 aliphatic heterocycles. The van der Waals surface area contributed by atoms with Gasteiger partial charge < -0.3 is 23.7 Å². The number of benzene rings is 1. The second-order valence-corrected chi connectivity index (χ2v) is 5.04. The van der Waals surface area contributed by atoms with Gasteiger partial charge in [0.15, 0.2) is 0 Å². The van der Waals surface area contributed by atoms with Crippen molar-refractivity contribution in [3.05, 3.63) is 46.9 Å². The number of carbonyl (C=O) groups excluding carboxylic acids is 1. The van der Waals surface area contributed by atoms with Gasteiger partial charge in [0, 0.05) is 18.2 Å². The maximum absolute atomic E-state index is 5.50. The average Bonchev–Trinajstić information content (AvgIpc) is 2.67. The first kappa shape index (κ1) is 18.4. The molecule has 1 aliphatic carbocycles. The van der Waals surface area contributed by atoms with Crippen LogP contribution in [-0.4, -0.2) is 48.4 Å². The predicted octanol–water partition coefficient (Wildman–Crippen LogP) is 2.90. The number of rotatable bonds is 6. The van der Waals surface area contributed by atoms with Crippen molar-refractivity contribution in [3.8, 4) is 17.2 Å². The van der Waals surface area contributed by atoms with E-state index in [1.165, 1.54) is 0 Å². The summed E-state index contributed by atoms with van der Waals surface area (Å²) in [5, 5.41) is 0. The van der Waals surface area contributed by atoms with Crippen molar-refractivity contribution >= 4 is 11.9 Å². The SMILES string of the molecule is COC1=CC(=[O+]C)C(=Cc2c(OC)cc(OC)cc2OC)C(OC)=C1. The number of ketones is 1. The first-order chi connectivity index (χ1) is 12.1. The van der Waals surface area contributed by atoms with E-state index in [0.717, 1.165) is 11.1 Å². The Bertz CT molecular complexity index is 730. The molecule has 6 heteroatoms. The molecule has 0 bridgehead atoms. The third kappa shape index (κ3) is 3.79. The van der Waals surface area contributed by atoms with Gasteiger partial charge in [0.25, 0.3) is 7.11 Å². The number of methoxy groups -OCH3 is 5. The van der Waals surface area contributed by atoms with Crippen LogP contribution in [0.1, 0.15) is 5.56 Å². The van der Waals surface area contributed by atoms with Crippen molar-refractivity contribution in [3.63, 3.8) is 0 Å². The maximum atomic E-state index is 5.50. The Labute approximate surface area is 147 Å². The van der Waals surface area contributed by atoms with E-state index in [1.807, 2.05) is 6.08 Å². The van der Waals surface area contributed by atoms with Gasteiger partial charge >= 0.3 is 5.78 Å². The lowest BCUT2D eigenvalue weighted by Crippen LogP contribution is -2.12. The van der Waals surface area contributed by atoms with E-state index in [1.54, 1.807) is 66.9 Å². The standard InChI is InChI=1S/C19H23O6/c1-20-12-7-16(22-3)14(17(8-12)23-4)11-15-18(24-5)9-13(21-2)10-19(15)25-6/h7-11H,1-6H3/q+1. The fraction of sp³-hybridized carbons (Fsp3) is 0.316. The topological polar surface area (TPSA) is 57.5 Å². The van der Waals surface area contributed by atoms with Crippen molar-refractivity contribution in [1.82, 2.24) is 0 Å². The molecule has 0 saturated carbocycles. The molecule has 0 fully saturated rings. The van der Waals surface area contributed by atoms with E-state index in [-0.39, 0.29) is 0 Å². The molecule has 0 radical (unpaired) electrons. The molecular formula is C19H23O6+. The van der Waals surface area contributed by atoms with E-state index in [0.29, 0.717) is 34.6 Å². The van der Waals surface area contributed by atoms with Crippen LogP contribution in [0.25, 0.3) is 6.08 Å². The Kier molecular flexibility index (Phi) is 6.11. The third-order valence-corrected chi connectivity index (χ3v) is 3.79. The molecule has 0 aromatic heterocycles. The van der Waals surface area contributed by atoms with E-state index in [2.05, 4.69) is 0 Å². The molecule has 0 unspecified atom stereocenters. The number of hydrogen-bond acceptors (Lipinski definition) is 5. The highest BCUT2D eigenvalue weighted by atomic mass is 16.5. The zero-order valence-corrected chi connectivity index (χ0v) is 15.3. The Morgan fingerprint density at radius 2 is 1.44 bits per heavy atom. The molecule has 0 amide bonds. The van der Waals surface area contributed by atoms with Crippen LogP contribution in [0.4, 0.5) is 0 Å². The van der Waals surface area contributed by atoms with Gasteiger partial charge in [-0.25, -0.2) is 0 Å². The highest BCUT2D eigenvalue weighted by Crippen LogP contribution is 2.37. The summed E-state index contributed by atoms with van der Waals surface area (Å²) in [5.41, 5.74) is 1.49. The summed E-state index contributed by atoms with van der Waals surface area (Å²) in [6, 6.07) is 3.58. The summed E-state index contributed by atoms with van der Waals surface area (Å²) in [5.74, 6) is 3.71. The van der Waals surface area contributed by atoms with E-state index >= 15 is 0 Å². The van der Waals surface area contributed by atoms with Crippen LogP contribution in [0.2, 0.25) is 0 Å². The largest absolute Gasteiger partial charge is 0.496 e. The molecule has 1 aromatic carbocycles. The van der Waals surface area contributed by atoms with E-state index in [4.69, 9.17) is 28.1 Å². The second-order valence-electron chi connectivity index (χ2n) is 5.04. The lowest BCUT2D eigenvalue weighted by molar-refractivity contribution is -0.418. The smallest absolute Gasteiger partial charge is 0.357 e. The third-order valence-electron chi connectivity index (χ3n) is 3.79. The molecule has 1 aromatic rings. The van der Waals surface area contributed by atoms with Crippen molar-refractivity contribution < 1.29 is 28.1 Å². The first-order valence-electron chi connectivity index (χ1n) is 7.56. The van der Waals surface area contributed by atoms with Crippen molar-refractivity contribution in [2.45, 2.75) is 0 Å². The summed E-state index contributed by atoms with van der Waals surface area (Å²) in [4.78, 5) is 0. The highest BCUT2D eigenvalue weighted by Gasteiger charge is 2.28. The quantitative estimate of drug-likeness (QED) is 0.585. The Morgan fingerprint density at radius 3 is 1.88 bits per heavy atom. The highest BCUT2D eigenvalue weighted by molar-refractivity contribution is 6.12. The minimum atomic E-state index is 0.608. The maximum Gasteiger partial charge on any atom is 0.357 e. The minimum absolute atomic E-state index is 0.608. The Hall–Kier alpha value is -2.89. The van der Waals surface area contributed by atoms with Crippen LogP contribution in [-0.2, 0) is 13.9 Å². The van der Waals surface area contributed by atoms with E-state index in [9.17, 15) is 0 Å². The average molecular weight is 347 g/mol. The predicted molar refractivity (Wildman–Crippen MR) is 95.2 cm³/mol. The molecule has 1 aliphatic rings. The summed E-state index contributed by atoms with van der Waals surface area (Å²) in [6.45, 7) is 0. The molecule has 0 saturated heterocycles. The van der Waals surface area contributed by atoms with Crippen LogP contribution in [0, 0.1) is 0 Å². The lowest BCUT2D eigenvalue weighted by Gasteiger charge is -2.15. The van der Waals surface area contributed by atoms with Crippen molar-refractivity contribution in [1.29, 1.82) is 0 Å². The van der Waals surface area contributed by atoms with Gasteiger partial charge in [0.1, 0.15) is 34.3 Å². The number of hydrogen-bond donors (Lipinski definition) is 0.